The fourth-order valence-electron chi connectivity index (χ4n) is 4.58. The van der Waals surface area contributed by atoms with Crippen molar-refractivity contribution in [2.75, 3.05) is 6.54 Å². The molecular weight excluding hydrogens is 378 g/mol. The van der Waals surface area contributed by atoms with E-state index in [9.17, 15) is 5.11 Å². The minimum Gasteiger partial charge on any atom is -0.373 e. The quantitative estimate of drug-likeness (QED) is 0.501. The summed E-state index contributed by atoms with van der Waals surface area (Å²) in [6.45, 7) is 2.28. The van der Waals surface area contributed by atoms with E-state index in [0.717, 1.165) is 31.5 Å². The zero-order chi connectivity index (χ0) is 21.4. The van der Waals surface area contributed by atoms with E-state index < -0.39 is 5.60 Å². The summed E-state index contributed by atoms with van der Waals surface area (Å²) in [5, 5.41) is 11.7. The van der Waals surface area contributed by atoms with Crippen molar-refractivity contribution in [1.29, 1.82) is 0 Å². The molecule has 0 radical (unpaired) electrons. The van der Waals surface area contributed by atoms with Gasteiger partial charge in [0.2, 0.25) is 0 Å². The van der Waals surface area contributed by atoms with Gasteiger partial charge in [-0.25, -0.2) is 0 Å². The van der Waals surface area contributed by atoms with Crippen molar-refractivity contribution in [3.05, 3.63) is 108 Å². The van der Waals surface area contributed by atoms with Crippen LogP contribution in [0.1, 0.15) is 42.4 Å². The van der Waals surface area contributed by atoms with Gasteiger partial charge < -0.3 is 5.11 Å². The van der Waals surface area contributed by atoms with Crippen molar-refractivity contribution in [2.45, 2.75) is 44.4 Å². The van der Waals surface area contributed by atoms with Gasteiger partial charge in [-0.05, 0) is 29.5 Å². The van der Waals surface area contributed by atoms with E-state index >= 15 is 0 Å². The number of aliphatic hydroxyl groups is 1. The summed E-state index contributed by atoms with van der Waals surface area (Å²) in [5.41, 5.74) is 2.40. The van der Waals surface area contributed by atoms with E-state index in [2.05, 4.69) is 65.3 Å². The number of rotatable bonds is 7. The van der Waals surface area contributed by atoms with Crippen LogP contribution in [0, 0.1) is 17.8 Å². The van der Waals surface area contributed by atoms with Crippen LogP contribution in [0.15, 0.2) is 91.0 Å². The lowest BCUT2D eigenvalue weighted by atomic mass is 9.80. The molecule has 1 fully saturated rings. The van der Waals surface area contributed by atoms with Crippen LogP contribution in [0.3, 0.4) is 0 Å². The summed E-state index contributed by atoms with van der Waals surface area (Å²) in [6, 6.07) is 31.0. The Morgan fingerprint density at radius 1 is 0.742 bits per heavy atom. The predicted molar refractivity (Wildman–Crippen MR) is 127 cm³/mol. The number of hydrogen-bond donors (Lipinski definition) is 1. The first-order chi connectivity index (χ1) is 15.2. The largest absolute Gasteiger partial charge is 0.373 e. The minimum absolute atomic E-state index is 0.207. The summed E-state index contributed by atoms with van der Waals surface area (Å²) >= 11 is 0. The highest BCUT2D eigenvalue weighted by Crippen LogP contribution is 2.40. The van der Waals surface area contributed by atoms with Crippen LogP contribution < -0.4 is 0 Å². The van der Waals surface area contributed by atoms with Crippen LogP contribution in [0.2, 0.25) is 0 Å². The molecule has 3 aromatic rings. The molecule has 0 unspecified atom stereocenters. The van der Waals surface area contributed by atoms with Crippen molar-refractivity contribution in [1.82, 2.24) is 4.90 Å². The smallest absolute Gasteiger partial charge is 0.153 e. The van der Waals surface area contributed by atoms with Crippen molar-refractivity contribution >= 4 is 0 Å². The van der Waals surface area contributed by atoms with Crippen LogP contribution in [0.5, 0.6) is 0 Å². The third-order valence-corrected chi connectivity index (χ3v) is 6.24. The average Bonchev–Trinajstić information content (AvgIpc) is 3.37. The normalized spacial score (nSPS) is 15.9. The van der Waals surface area contributed by atoms with Crippen LogP contribution in [0.4, 0.5) is 0 Å². The van der Waals surface area contributed by atoms with Gasteiger partial charge in [0, 0.05) is 19.0 Å². The lowest BCUT2D eigenvalue weighted by molar-refractivity contribution is 0.0367. The molecule has 0 amide bonds. The van der Waals surface area contributed by atoms with Crippen molar-refractivity contribution < 1.29 is 5.11 Å². The van der Waals surface area contributed by atoms with Gasteiger partial charge >= 0.3 is 0 Å². The Labute approximate surface area is 186 Å². The third-order valence-electron chi connectivity index (χ3n) is 6.24. The first-order valence-corrected chi connectivity index (χ1v) is 11.3. The molecule has 3 aromatic carbocycles. The molecule has 0 aromatic heterocycles. The standard InChI is InChI=1S/C29H31NO/c31-29(28-19-10-11-20-28,27-17-8-3-9-18-27)21-12-22-30(23-25-13-4-1-5-14-25)24-26-15-6-2-7-16-26/h1-9,13-18,28,31H,10-11,19-20,22-24H2/t29-/m0/s1. The topological polar surface area (TPSA) is 23.5 Å². The maximum absolute atomic E-state index is 11.7. The van der Waals surface area contributed by atoms with Gasteiger partial charge in [-0.3, -0.25) is 4.90 Å². The second-order valence-corrected chi connectivity index (χ2v) is 8.53. The van der Waals surface area contributed by atoms with Crippen molar-refractivity contribution in [3.63, 3.8) is 0 Å². The molecule has 0 bridgehead atoms. The van der Waals surface area contributed by atoms with E-state index in [4.69, 9.17) is 0 Å². The van der Waals surface area contributed by atoms with Gasteiger partial charge in [0.25, 0.3) is 0 Å². The van der Waals surface area contributed by atoms with Crippen LogP contribution in [-0.4, -0.2) is 16.6 Å². The van der Waals surface area contributed by atoms with Gasteiger partial charge in [0.15, 0.2) is 5.60 Å². The second-order valence-electron chi connectivity index (χ2n) is 8.53. The fourth-order valence-corrected chi connectivity index (χ4v) is 4.58. The number of nitrogens with zero attached hydrogens (tertiary/aromatic N) is 1. The fraction of sp³-hybridized carbons (Fsp3) is 0.310. The molecule has 0 heterocycles. The Morgan fingerprint density at radius 3 is 1.74 bits per heavy atom. The SMILES string of the molecule is O[C@@](C#CCN(Cc1ccccc1)Cc1ccccc1)(c1ccccc1)C1CCCC1. The Hall–Kier alpha value is -2.86. The van der Waals surface area contributed by atoms with Gasteiger partial charge in [-0.15, -0.1) is 0 Å². The molecule has 0 aliphatic heterocycles. The van der Waals surface area contributed by atoms with Gasteiger partial charge in [-0.1, -0.05) is 116 Å². The molecule has 1 aliphatic rings. The summed E-state index contributed by atoms with van der Waals surface area (Å²) in [5.74, 6) is 6.90. The lowest BCUT2D eigenvalue weighted by Gasteiger charge is -2.30. The molecule has 31 heavy (non-hydrogen) atoms. The monoisotopic (exact) mass is 409 g/mol. The van der Waals surface area contributed by atoms with E-state index in [-0.39, 0.29) is 5.92 Å². The molecular formula is C29H31NO. The predicted octanol–water partition coefficient (Wildman–Crippen LogP) is 5.77. The first kappa shape index (κ1) is 21.4. The van der Waals surface area contributed by atoms with Gasteiger partial charge in [0.1, 0.15) is 0 Å². The summed E-state index contributed by atoms with van der Waals surface area (Å²) in [7, 11) is 0. The van der Waals surface area contributed by atoms with Crippen LogP contribution >= 0.6 is 0 Å². The molecule has 4 rings (SSSR count). The third kappa shape index (κ3) is 5.64. The molecule has 158 valence electrons. The molecule has 0 spiro atoms. The highest BCUT2D eigenvalue weighted by molar-refractivity contribution is 5.33. The highest BCUT2D eigenvalue weighted by Gasteiger charge is 2.38. The van der Waals surface area contributed by atoms with Crippen LogP contribution in [-0.2, 0) is 18.7 Å². The molecule has 2 nitrogen and oxygen atoms in total. The maximum Gasteiger partial charge on any atom is 0.153 e. The Kier molecular flexibility index (Phi) is 7.20. The number of benzene rings is 3. The molecule has 1 atom stereocenters. The number of hydrogen-bond acceptors (Lipinski definition) is 2. The second kappa shape index (κ2) is 10.4. The van der Waals surface area contributed by atoms with E-state index in [1.54, 1.807) is 0 Å². The molecule has 2 heteroatoms. The molecule has 1 saturated carbocycles. The lowest BCUT2D eigenvalue weighted by Crippen LogP contribution is -2.32. The summed E-state index contributed by atoms with van der Waals surface area (Å²) < 4.78 is 0. The first-order valence-electron chi connectivity index (χ1n) is 11.3. The Balaban J connectivity index is 1.56. The Bertz CT molecular complexity index is 943. The van der Waals surface area contributed by atoms with Crippen molar-refractivity contribution in [2.24, 2.45) is 5.92 Å². The zero-order valence-electron chi connectivity index (χ0n) is 18.1. The molecule has 1 aliphatic carbocycles. The van der Waals surface area contributed by atoms with Crippen LogP contribution in [0.25, 0.3) is 0 Å². The van der Waals surface area contributed by atoms with E-state index in [1.165, 1.54) is 24.0 Å². The van der Waals surface area contributed by atoms with Gasteiger partial charge in [-0.2, -0.15) is 0 Å². The molecule has 0 saturated heterocycles. The molecule has 1 N–H and O–H groups in total. The highest BCUT2D eigenvalue weighted by atomic mass is 16.3. The minimum atomic E-state index is -1.07. The van der Waals surface area contributed by atoms with Crippen molar-refractivity contribution in [3.8, 4) is 11.8 Å². The maximum atomic E-state index is 11.7. The van der Waals surface area contributed by atoms with E-state index in [1.807, 2.05) is 42.5 Å². The van der Waals surface area contributed by atoms with Gasteiger partial charge in [0.05, 0.1) is 6.54 Å². The summed E-state index contributed by atoms with van der Waals surface area (Å²) in [4.78, 5) is 2.34. The average molecular weight is 410 g/mol. The zero-order valence-corrected chi connectivity index (χ0v) is 18.1. The van der Waals surface area contributed by atoms with E-state index in [0.29, 0.717) is 6.54 Å². The Morgan fingerprint density at radius 2 is 1.23 bits per heavy atom. The summed E-state index contributed by atoms with van der Waals surface area (Å²) in [6.07, 6.45) is 4.43.